The second-order valence-corrected chi connectivity index (χ2v) is 8.06. The summed E-state index contributed by atoms with van der Waals surface area (Å²) in [5.41, 5.74) is 5.97. The van der Waals surface area contributed by atoms with Crippen molar-refractivity contribution in [2.45, 2.75) is 19.4 Å². The average molecular weight is 454 g/mol. The van der Waals surface area contributed by atoms with Crippen molar-refractivity contribution in [3.8, 4) is 11.1 Å². The normalized spacial score (nSPS) is 12.4. The van der Waals surface area contributed by atoms with Crippen molar-refractivity contribution in [1.29, 1.82) is 0 Å². The number of nitrogens with zero attached hydrogens (tertiary/aromatic N) is 2. The van der Waals surface area contributed by atoms with Gasteiger partial charge < -0.3 is 9.84 Å². The molecule has 0 unspecified atom stereocenters. The van der Waals surface area contributed by atoms with Crippen LogP contribution >= 0.6 is 0 Å². The molecule has 1 aromatic heterocycles. The van der Waals surface area contributed by atoms with Crippen LogP contribution in [0, 0.1) is 0 Å². The molecule has 0 saturated heterocycles. The molecular formula is C26H22N4O4. The summed E-state index contributed by atoms with van der Waals surface area (Å²) in [4.78, 5) is 28.1. The number of aromatic nitrogens is 2. The molecule has 0 radical (unpaired) electrons. The van der Waals surface area contributed by atoms with E-state index in [1.54, 1.807) is 6.07 Å². The number of rotatable bonds is 4. The summed E-state index contributed by atoms with van der Waals surface area (Å²) in [6.45, 7) is -0.103. The fraction of sp³-hybridized carbons (Fsp3) is 0.154. The van der Waals surface area contributed by atoms with Gasteiger partial charge >= 0.3 is 6.09 Å². The van der Waals surface area contributed by atoms with Gasteiger partial charge in [0.25, 0.3) is 5.56 Å². The molecule has 5 rings (SSSR count). The van der Waals surface area contributed by atoms with E-state index in [1.165, 1.54) is 7.11 Å². The van der Waals surface area contributed by atoms with Crippen LogP contribution in [0.15, 0.2) is 70.5 Å². The summed E-state index contributed by atoms with van der Waals surface area (Å²) >= 11 is 0. The Balaban J connectivity index is 1.50. The number of aliphatic imine (C=N–C) groups is 1. The SMILES string of the molecule is COC(=O)NC1=Nc2cc(-c3ccc(CO)c(Cc4n[nH]c(=O)c5ccccc45)c3)ccc2C1. The maximum atomic E-state index is 12.1. The Morgan fingerprint density at radius 3 is 2.62 bits per heavy atom. The maximum absolute atomic E-state index is 12.1. The van der Waals surface area contributed by atoms with Crippen molar-refractivity contribution >= 4 is 28.4 Å². The van der Waals surface area contributed by atoms with Crippen LogP contribution in [0.5, 0.6) is 0 Å². The number of hydrogen-bond acceptors (Lipinski definition) is 6. The monoisotopic (exact) mass is 454 g/mol. The summed E-state index contributed by atoms with van der Waals surface area (Å²) in [5.74, 6) is 0.548. The quantitative estimate of drug-likeness (QED) is 0.436. The number of H-pyrrole nitrogens is 1. The van der Waals surface area contributed by atoms with E-state index in [-0.39, 0.29) is 12.2 Å². The van der Waals surface area contributed by atoms with Crippen LogP contribution in [-0.2, 0) is 24.2 Å². The van der Waals surface area contributed by atoms with E-state index in [0.29, 0.717) is 24.1 Å². The molecule has 0 spiro atoms. The first kappa shape index (κ1) is 21.5. The van der Waals surface area contributed by atoms with Gasteiger partial charge in [0, 0.05) is 18.2 Å². The number of carbonyl (C=O) groups is 1. The number of benzene rings is 3. The zero-order valence-electron chi connectivity index (χ0n) is 18.5. The van der Waals surface area contributed by atoms with E-state index in [1.807, 2.05) is 54.6 Å². The Morgan fingerprint density at radius 1 is 1.06 bits per heavy atom. The van der Waals surface area contributed by atoms with Crippen LogP contribution in [0.4, 0.5) is 10.5 Å². The molecule has 1 amide bonds. The highest BCUT2D eigenvalue weighted by Crippen LogP contribution is 2.33. The van der Waals surface area contributed by atoms with Gasteiger partial charge in [-0.3, -0.25) is 10.1 Å². The zero-order chi connectivity index (χ0) is 23.7. The lowest BCUT2D eigenvalue weighted by molar-refractivity contribution is 0.176. The fourth-order valence-electron chi connectivity index (χ4n) is 4.21. The minimum absolute atomic E-state index is 0.103. The summed E-state index contributed by atoms with van der Waals surface area (Å²) in [6, 6.07) is 19.2. The van der Waals surface area contributed by atoms with Gasteiger partial charge in [0.05, 0.1) is 30.5 Å². The predicted molar refractivity (Wildman–Crippen MR) is 129 cm³/mol. The summed E-state index contributed by atoms with van der Waals surface area (Å²) in [6.07, 6.45) is 0.446. The van der Waals surface area contributed by atoms with Gasteiger partial charge in [-0.25, -0.2) is 14.9 Å². The molecule has 0 fully saturated rings. The minimum atomic E-state index is -0.542. The topological polar surface area (TPSA) is 117 Å². The number of amides is 1. The number of alkyl carbamates (subject to hydrolysis) is 1. The predicted octanol–water partition coefficient (Wildman–Crippen LogP) is 3.62. The highest BCUT2D eigenvalue weighted by Gasteiger charge is 2.18. The van der Waals surface area contributed by atoms with E-state index < -0.39 is 6.09 Å². The molecule has 4 aromatic rings. The molecule has 8 nitrogen and oxygen atoms in total. The van der Waals surface area contributed by atoms with Crippen LogP contribution in [0.25, 0.3) is 21.9 Å². The van der Waals surface area contributed by atoms with Crippen LogP contribution < -0.4 is 10.9 Å². The number of nitrogens with one attached hydrogen (secondary N) is 2. The molecule has 1 aliphatic heterocycles. The van der Waals surface area contributed by atoms with Crippen molar-refractivity contribution in [3.05, 3.63) is 93.4 Å². The van der Waals surface area contributed by atoms with Crippen LogP contribution in [0.3, 0.4) is 0 Å². The minimum Gasteiger partial charge on any atom is -0.453 e. The van der Waals surface area contributed by atoms with Gasteiger partial charge in [-0.05, 0) is 39.9 Å². The summed E-state index contributed by atoms with van der Waals surface area (Å²) in [7, 11) is 1.31. The first-order valence-electron chi connectivity index (χ1n) is 10.8. The molecule has 2 heterocycles. The molecule has 3 aromatic carbocycles. The highest BCUT2D eigenvalue weighted by molar-refractivity contribution is 6.01. The molecule has 0 saturated carbocycles. The van der Waals surface area contributed by atoms with Gasteiger partial charge in [0.2, 0.25) is 0 Å². The standard InChI is InChI=1S/C26H22N4O4/c1-34-26(33)28-24-13-17-8-6-16(11-22(17)27-24)15-7-9-18(14-31)19(10-15)12-23-20-4-2-3-5-21(20)25(32)30-29-23/h2-11,31H,12-14H2,1H3,(H,30,32)(H,27,28,33). The number of fused-ring (bicyclic) bond motifs is 2. The molecule has 3 N–H and O–H groups in total. The van der Waals surface area contributed by atoms with E-state index >= 15 is 0 Å². The number of hydrogen-bond donors (Lipinski definition) is 3. The molecule has 34 heavy (non-hydrogen) atoms. The number of aliphatic hydroxyl groups excluding tert-OH is 1. The molecular weight excluding hydrogens is 432 g/mol. The molecule has 0 atom stereocenters. The molecule has 0 bridgehead atoms. The second kappa shape index (κ2) is 8.92. The van der Waals surface area contributed by atoms with E-state index in [0.717, 1.165) is 44.6 Å². The lowest BCUT2D eigenvalue weighted by Crippen LogP contribution is -2.30. The Hall–Kier alpha value is -4.30. The molecule has 1 aliphatic rings. The Bertz CT molecular complexity index is 1510. The van der Waals surface area contributed by atoms with Crippen LogP contribution in [-0.4, -0.2) is 34.3 Å². The summed E-state index contributed by atoms with van der Waals surface area (Å²) < 4.78 is 4.65. The number of ether oxygens (including phenoxy) is 1. The number of aliphatic hydroxyl groups is 1. The van der Waals surface area contributed by atoms with E-state index in [4.69, 9.17) is 0 Å². The van der Waals surface area contributed by atoms with E-state index in [2.05, 4.69) is 25.2 Å². The zero-order valence-corrected chi connectivity index (χ0v) is 18.5. The number of methoxy groups -OCH3 is 1. The highest BCUT2D eigenvalue weighted by atomic mass is 16.5. The second-order valence-electron chi connectivity index (χ2n) is 8.06. The van der Waals surface area contributed by atoms with Gasteiger partial charge in [0.1, 0.15) is 5.84 Å². The lowest BCUT2D eigenvalue weighted by atomic mass is 9.94. The van der Waals surface area contributed by atoms with Crippen molar-refractivity contribution < 1.29 is 14.6 Å². The maximum Gasteiger partial charge on any atom is 0.412 e. The third-order valence-corrected chi connectivity index (χ3v) is 5.97. The number of carbonyl (C=O) groups excluding carboxylic acids is 1. The third-order valence-electron chi connectivity index (χ3n) is 5.97. The van der Waals surface area contributed by atoms with Crippen LogP contribution in [0.1, 0.15) is 22.4 Å². The third kappa shape index (κ3) is 4.06. The average Bonchev–Trinajstić information content (AvgIpc) is 3.27. The Labute approximate surface area is 194 Å². The van der Waals surface area contributed by atoms with Gasteiger partial charge in [-0.2, -0.15) is 5.10 Å². The first-order valence-corrected chi connectivity index (χ1v) is 10.8. The summed E-state index contributed by atoms with van der Waals surface area (Å²) in [5, 5.41) is 20.8. The first-order chi connectivity index (χ1) is 16.6. The van der Waals surface area contributed by atoms with Crippen molar-refractivity contribution in [2.75, 3.05) is 7.11 Å². The van der Waals surface area contributed by atoms with E-state index in [9.17, 15) is 14.7 Å². The largest absolute Gasteiger partial charge is 0.453 e. The van der Waals surface area contributed by atoms with Crippen molar-refractivity contribution in [3.63, 3.8) is 0 Å². The van der Waals surface area contributed by atoms with Gasteiger partial charge in [0.15, 0.2) is 0 Å². The molecule has 170 valence electrons. The molecule has 0 aliphatic carbocycles. The number of amidine groups is 1. The fourth-order valence-corrected chi connectivity index (χ4v) is 4.21. The van der Waals surface area contributed by atoms with Crippen molar-refractivity contribution in [2.24, 2.45) is 4.99 Å². The van der Waals surface area contributed by atoms with Crippen molar-refractivity contribution in [1.82, 2.24) is 15.5 Å². The molecule has 8 heteroatoms. The Kier molecular flexibility index (Phi) is 5.65. The number of aromatic amines is 1. The van der Waals surface area contributed by atoms with Gasteiger partial charge in [-0.1, -0.05) is 48.5 Å². The van der Waals surface area contributed by atoms with Gasteiger partial charge in [-0.15, -0.1) is 0 Å². The lowest BCUT2D eigenvalue weighted by Gasteiger charge is -2.12. The Morgan fingerprint density at radius 2 is 1.82 bits per heavy atom. The van der Waals surface area contributed by atoms with Crippen LogP contribution in [0.2, 0.25) is 0 Å². The smallest absolute Gasteiger partial charge is 0.412 e.